The number of carbonyl (C=O) groups excluding carboxylic acids is 3. The maximum Gasteiger partial charge on any atom is 0.308 e. The van der Waals surface area contributed by atoms with Gasteiger partial charge in [0.2, 0.25) is 5.91 Å². The molecule has 1 heterocycles. The Morgan fingerprint density at radius 1 is 1.37 bits per heavy atom. The van der Waals surface area contributed by atoms with E-state index in [1.54, 1.807) is 29.2 Å². The van der Waals surface area contributed by atoms with Crippen LogP contribution in [0.25, 0.3) is 0 Å². The molecule has 0 radical (unpaired) electrons. The third kappa shape index (κ3) is 6.98. The van der Waals surface area contributed by atoms with E-state index in [2.05, 4.69) is 10.6 Å². The van der Waals surface area contributed by atoms with Crippen molar-refractivity contribution in [1.29, 1.82) is 0 Å². The summed E-state index contributed by atoms with van der Waals surface area (Å²) < 4.78 is 10.6. The van der Waals surface area contributed by atoms with E-state index < -0.39 is 17.9 Å². The van der Waals surface area contributed by atoms with Gasteiger partial charge in [-0.25, -0.2) is 0 Å². The zero-order valence-electron chi connectivity index (χ0n) is 17.6. The molecule has 9 heteroatoms. The van der Waals surface area contributed by atoms with Crippen LogP contribution in [0, 0.1) is 5.92 Å². The Balaban J connectivity index is 2.00. The van der Waals surface area contributed by atoms with Gasteiger partial charge in [-0.05, 0) is 49.7 Å². The summed E-state index contributed by atoms with van der Waals surface area (Å²) in [4.78, 5) is 38.7. The molecule has 2 amide bonds. The topological polar surface area (TPSA) is 97.0 Å². The minimum Gasteiger partial charge on any atom is -0.494 e. The molecule has 2 rings (SSSR count). The number of nitrogens with one attached hydrogen (secondary N) is 2. The first-order valence-electron chi connectivity index (χ1n) is 10.1. The summed E-state index contributed by atoms with van der Waals surface area (Å²) in [5.74, 6) is -0.212. The molecular weight excluding hydrogens is 406 g/mol. The molecule has 0 saturated carbocycles. The van der Waals surface area contributed by atoms with Crippen LogP contribution in [0.1, 0.15) is 44.0 Å². The first kappa shape index (κ1) is 23.6. The summed E-state index contributed by atoms with van der Waals surface area (Å²) in [6, 6.07) is 5.91. The first-order valence-corrected chi connectivity index (χ1v) is 10.5. The molecule has 1 unspecified atom stereocenters. The number of thiocarbonyl (C=S) groups is 1. The van der Waals surface area contributed by atoms with Gasteiger partial charge in [0.25, 0.3) is 5.91 Å². The van der Waals surface area contributed by atoms with Gasteiger partial charge in [0.1, 0.15) is 11.8 Å². The van der Waals surface area contributed by atoms with Crippen LogP contribution in [0.15, 0.2) is 24.3 Å². The fraction of sp³-hybridized carbons (Fsp3) is 0.524. The monoisotopic (exact) mass is 435 g/mol. The fourth-order valence-corrected chi connectivity index (χ4v) is 3.23. The highest BCUT2D eigenvalue weighted by Crippen LogP contribution is 2.15. The maximum atomic E-state index is 12.6. The standard InChI is InChI=1S/C21H29N3O5S/c1-4-28-16-7-5-6-15(12-16)19(26)23-21(30)24-10-9-22-20(27)17(24)13-18(25)29-11-8-14(2)3/h5-7,12,14,17H,4,8-11,13H2,1-3H3,(H,22,27)(H,23,26,30). The molecule has 30 heavy (non-hydrogen) atoms. The molecule has 0 aliphatic carbocycles. The van der Waals surface area contributed by atoms with Gasteiger partial charge in [-0.2, -0.15) is 0 Å². The predicted octanol–water partition coefficient (Wildman–Crippen LogP) is 1.88. The Morgan fingerprint density at radius 2 is 2.13 bits per heavy atom. The van der Waals surface area contributed by atoms with Crippen molar-refractivity contribution in [2.45, 2.75) is 39.7 Å². The summed E-state index contributed by atoms with van der Waals surface area (Å²) >= 11 is 5.37. The highest BCUT2D eigenvalue weighted by molar-refractivity contribution is 7.80. The van der Waals surface area contributed by atoms with Gasteiger partial charge in [0, 0.05) is 18.7 Å². The van der Waals surface area contributed by atoms with Gasteiger partial charge in [0.05, 0.1) is 19.6 Å². The average Bonchev–Trinajstić information content (AvgIpc) is 2.69. The number of amides is 2. The Kier molecular flexibility index (Phi) is 9.04. The second-order valence-electron chi connectivity index (χ2n) is 7.33. The summed E-state index contributed by atoms with van der Waals surface area (Å²) in [5, 5.41) is 5.47. The number of hydrogen-bond donors (Lipinski definition) is 2. The molecule has 1 aliphatic rings. The molecule has 1 aliphatic heterocycles. The highest BCUT2D eigenvalue weighted by atomic mass is 32.1. The largest absolute Gasteiger partial charge is 0.494 e. The number of benzene rings is 1. The van der Waals surface area contributed by atoms with E-state index in [0.717, 1.165) is 6.42 Å². The zero-order chi connectivity index (χ0) is 22.1. The van der Waals surface area contributed by atoms with Crippen molar-refractivity contribution in [2.75, 3.05) is 26.3 Å². The molecule has 1 saturated heterocycles. The Hall–Kier alpha value is -2.68. The van der Waals surface area contributed by atoms with E-state index in [-0.39, 0.29) is 17.4 Å². The van der Waals surface area contributed by atoms with Crippen LogP contribution < -0.4 is 15.4 Å². The highest BCUT2D eigenvalue weighted by Gasteiger charge is 2.34. The van der Waals surface area contributed by atoms with Gasteiger partial charge in [-0.3, -0.25) is 19.7 Å². The third-order valence-electron chi connectivity index (χ3n) is 4.54. The van der Waals surface area contributed by atoms with Crippen molar-refractivity contribution in [2.24, 2.45) is 5.92 Å². The average molecular weight is 436 g/mol. The van der Waals surface area contributed by atoms with Crippen LogP contribution in [-0.4, -0.2) is 60.1 Å². The lowest BCUT2D eigenvalue weighted by Crippen LogP contribution is -2.60. The summed E-state index contributed by atoms with van der Waals surface area (Å²) in [5.41, 5.74) is 0.384. The zero-order valence-corrected chi connectivity index (χ0v) is 18.4. The second kappa shape index (κ2) is 11.5. The van der Waals surface area contributed by atoms with Crippen molar-refractivity contribution >= 4 is 35.1 Å². The van der Waals surface area contributed by atoms with Crippen LogP contribution in [0.2, 0.25) is 0 Å². The predicted molar refractivity (Wildman–Crippen MR) is 116 cm³/mol. The number of carbonyl (C=O) groups is 3. The maximum absolute atomic E-state index is 12.6. The SMILES string of the molecule is CCOc1cccc(C(=O)NC(=S)N2CCNC(=O)C2CC(=O)OCCC(C)C)c1. The van der Waals surface area contributed by atoms with E-state index in [9.17, 15) is 14.4 Å². The number of hydrogen-bond acceptors (Lipinski definition) is 6. The van der Waals surface area contributed by atoms with Gasteiger partial charge < -0.3 is 19.7 Å². The molecule has 1 atom stereocenters. The van der Waals surface area contributed by atoms with Crippen molar-refractivity contribution in [1.82, 2.24) is 15.5 Å². The minimum atomic E-state index is -0.826. The Bertz CT molecular complexity index is 784. The molecule has 1 fully saturated rings. The minimum absolute atomic E-state index is 0.0941. The lowest BCUT2D eigenvalue weighted by Gasteiger charge is -2.36. The molecule has 0 spiro atoms. The van der Waals surface area contributed by atoms with Gasteiger partial charge >= 0.3 is 5.97 Å². The number of piperazine rings is 1. The van der Waals surface area contributed by atoms with Gasteiger partial charge in [-0.1, -0.05) is 19.9 Å². The molecule has 164 valence electrons. The fourth-order valence-electron chi connectivity index (χ4n) is 2.92. The molecule has 2 N–H and O–H groups in total. The molecule has 0 bridgehead atoms. The van der Waals surface area contributed by atoms with Gasteiger partial charge in [-0.15, -0.1) is 0 Å². The third-order valence-corrected chi connectivity index (χ3v) is 4.87. The number of esters is 1. The van der Waals surface area contributed by atoms with Crippen molar-refractivity contribution in [3.63, 3.8) is 0 Å². The second-order valence-corrected chi connectivity index (χ2v) is 7.71. The number of nitrogens with zero attached hydrogens (tertiary/aromatic N) is 1. The summed E-state index contributed by atoms with van der Waals surface area (Å²) in [6.07, 6.45) is 0.612. The lowest BCUT2D eigenvalue weighted by molar-refractivity contribution is -0.147. The van der Waals surface area contributed by atoms with Crippen LogP contribution >= 0.6 is 12.2 Å². The van der Waals surface area contributed by atoms with Crippen molar-refractivity contribution < 1.29 is 23.9 Å². The number of ether oxygens (including phenoxy) is 2. The van der Waals surface area contributed by atoms with E-state index in [0.29, 0.717) is 43.5 Å². The molecule has 1 aromatic carbocycles. The first-order chi connectivity index (χ1) is 14.3. The molecule has 8 nitrogen and oxygen atoms in total. The van der Waals surface area contributed by atoms with Crippen LogP contribution in [0.3, 0.4) is 0 Å². The van der Waals surface area contributed by atoms with Crippen LogP contribution in [0.4, 0.5) is 0 Å². The van der Waals surface area contributed by atoms with E-state index in [1.807, 2.05) is 20.8 Å². The smallest absolute Gasteiger partial charge is 0.308 e. The van der Waals surface area contributed by atoms with E-state index in [4.69, 9.17) is 21.7 Å². The van der Waals surface area contributed by atoms with Gasteiger partial charge in [0.15, 0.2) is 5.11 Å². The normalized spacial score (nSPS) is 16.1. The van der Waals surface area contributed by atoms with Crippen LogP contribution in [-0.2, 0) is 14.3 Å². The molecule has 1 aromatic rings. The Morgan fingerprint density at radius 3 is 2.83 bits per heavy atom. The lowest BCUT2D eigenvalue weighted by atomic mass is 10.1. The number of rotatable bonds is 8. The van der Waals surface area contributed by atoms with Crippen molar-refractivity contribution in [3.8, 4) is 5.75 Å². The van der Waals surface area contributed by atoms with Crippen molar-refractivity contribution in [3.05, 3.63) is 29.8 Å². The van der Waals surface area contributed by atoms with E-state index in [1.165, 1.54) is 0 Å². The van der Waals surface area contributed by atoms with Crippen LogP contribution in [0.5, 0.6) is 5.75 Å². The summed E-state index contributed by atoms with van der Waals surface area (Å²) in [6.45, 7) is 7.48. The molecular formula is C21H29N3O5S. The quantitative estimate of drug-likeness (QED) is 0.475. The summed E-state index contributed by atoms with van der Waals surface area (Å²) in [7, 11) is 0. The molecule has 0 aromatic heterocycles. The Labute approximate surface area is 182 Å². The van der Waals surface area contributed by atoms with E-state index >= 15 is 0 Å².